The maximum Gasteiger partial charge on any atom is 0.335 e. The minimum absolute atomic E-state index is 0.00549. The summed E-state index contributed by atoms with van der Waals surface area (Å²) in [7, 11) is 0. The van der Waals surface area contributed by atoms with E-state index in [0.29, 0.717) is 0 Å². The first-order valence-electron chi connectivity index (χ1n) is 14.6. The molecule has 0 unspecified atom stereocenters. The van der Waals surface area contributed by atoms with Gasteiger partial charge in [0.1, 0.15) is 0 Å². The Labute approximate surface area is 193 Å². The van der Waals surface area contributed by atoms with Crippen LogP contribution in [0, 0.1) is 0 Å². The van der Waals surface area contributed by atoms with Crippen molar-refractivity contribution in [1.29, 1.82) is 0 Å². The molecular weight excluding hydrogens is 388 g/mol. The Balaban J connectivity index is 2.00. The molecule has 0 fully saturated rings. The minimum Gasteiger partial charge on any atom is -0.478 e. The second-order valence-electron chi connectivity index (χ2n) is 5.50. The zero-order valence-electron chi connectivity index (χ0n) is 27.7. The van der Waals surface area contributed by atoms with Crippen LogP contribution in [-0.4, -0.2) is 35.7 Å². The maximum absolute atomic E-state index is 11.4. The van der Waals surface area contributed by atoms with Gasteiger partial charge in [-0.25, -0.2) is 4.79 Å². The molecular formula is C23H23ClN2O3. The van der Waals surface area contributed by atoms with Crippen molar-refractivity contribution in [2.45, 2.75) is 6.08 Å². The number of anilines is 1. The second kappa shape index (κ2) is 10.1. The third-order valence-corrected chi connectivity index (χ3v) is 3.69. The number of rotatable bonds is 9. The molecule has 3 rings (SSSR count). The average Bonchev–Trinajstić information content (AvgIpc) is 2.91. The van der Waals surface area contributed by atoms with Crippen molar-refractivity contribution in [1.82, 2.24) is 5.32 Å². The minimum atomic E-state index is -3.25. The zero-order valence-corrected chi connectivity index (χ0v) is 15.5. The quantitative estimate of drug-likeness (QED) is 0.409. The van der Waals surface area contributed by atoms with E-state index >= 15 is 0 Å². The van der Waals surface area contributed by atoms with Gasteiger partial charge in [0.15, 0.2) is 0 Å². The topological polar surface area (TPSA) is 81.6 Å². The smallest absolute Gasteiger partial charge is 0.335 e. The Morgan fingerprint density at radius 1 is 1.17 bits per heavy atom. The van der Waals surface area contributed by atoms with Gasteiger partial charge in [0, 0.05) is 33.0 Å². The van der Waals surface area contributed by atoms with Crippen molar-refractivity contribution in [3.05, 3.63) is 88.8 Å². The molecule has 0 aromatic heterocycles. The molecule has 6 heteroatoms. The van der Waals surface area contributed by atoms with Gasteiger partial charge in [-0.2, -0.15) is 0 Å². The molecule has 0 spiro atoms. The van der Waals surface area contributed by atoms with Crippen LogP contribution in [-0.2, 0) is 0 Å². The SMILES string of the molecule is [2H]c1c([2H])c(NC([2H])([2H])C([2H])([2H])NC[C@]([2H])(O)c2c([2H])c([2H])c([2H])c(Cl)c2[2H])c([2H])c(-c2cccc(C(=O)O)c2)c1[2H]. The number of hydrogen-bond acceptors (Lipinski definition) is 4. The number of carboxylic acid groups (broad SMARTS) is 1. The molecule has 3 aromatic rings. The molecule has 0 saturated heterocycles. The third-order valence-electron chi connectivity index (χ3n) is 3.50. The highest BCUT2D eigenvalue weighted by molar-refractivity contribution is 6.30. The monoisotopic (exact) mass is 423 g/mol. The fourth-order valence-corrected chi connectivity index (χ4v) is 2.32. The molecule has 1 atom stereocenters. The maximum atomic E-state index is 11.4. The van der Waals surface area contributed by atoms with Gasteiger partial charge in [0.25, 0.3) is 0 Å². The Morgan fingerprint density at radius 2 is 2.00 bits per heavy atom. The van der Waals surface area contributed by atoms with Gasteiger partial charge in [0.05, 0.1) is 26.7 Å². The highest BCUT2D eigenvalue weighted by atomic mass is 35.5. The molecule has 5 nitrogen and oxygen atoms in total. The van der Waals surface area contributed by atoms with Crippen molar-refractivity contribution >= 4 is 23.3 Å². The molecule has 4 N–H and O–H groups in total. The van der Waals surface area contributed by atoms with Crippen molar-refractivity contribution < 1.29 is 32.8 Å². The van der Waals surface area contributed by atoms with Crippen LogP contribution in [0.1, 0.15) is 39.8 Å². The summed E-state index contributed by atoms with van der Waals surface area (Å²) in [4.78, 5) is 11.4. The number of nitrogens with one attached hydrogen (secondary N) is 2. The molecule has 0 aliphatic rings. The van der Waals surface area contributed by atoms with Gasteiger partial charge < -0.3 is 20.8 Å². The number of carboxylic acids is 1. The molecule has 29 heavy (non-hydrogen) atoms. The highest BCUT2D eigenvalue weighted by Crippen LogP contribution is 2.23. The van der Waals surface area contributed by atoms with E-state index in [-0.39, 0.29) is 16.7 Å². The van der Waals surface area contributed by atoms with Gasteiger partial charge in [0.2, 0.25) is 0 Å². The van der Waals surface area contributed by atoms with E-state index in [4.69, 9.17) is 29.4 Å². The molecule has 0 aliphatic heterocycles. The number of aliphatic hydroxyl groups is 1. The molecule has 0 aliphatic carbocycles. The van der Waals surface area contributed by atoms with Crippen molar-refractivity contribution in [2.24, 2.45) is 0 Å². The van der Waals surface area contributed by atoms with Crippen LogP contribution in [0.3, 0.4) is 0 Å². The summed E-state index contributed by atoms with van der Waals surface area (Å²) < 4.78 is 106. The van der Waals surface area contributed by atoms with Gasteiger partial charge in [-0.3, -0.25) is 0 Å². The fraction of sp³-hybridized carbons (Fsp3) is 0.174. The Bertz CT molecular complexity index is 1560. The van der Waals surface area contributed by atoms with E-state index < -0.39 is 96.2 Å². The standard InChI is InChI=1S/C23H23ClN2O3/c24-20-8-2-6-18(13-20)22(27)15-25-10-11-26-21-9-3-5-17(14-21)16-4-1-7-19(12-16)23(28)29/h1-9,12-14,22,25-27H,10-11,15H2,(H,28,29)/t22-/m0/s1/i2D,3D,5D,6D,8D,9D,10D2,11D2,13D,14D,22D. The van der Waals surface area contributed by atoms with Gasteiger partial charge in [-0.15, -0.1) is 0 Å². The molecule has 0 amide bonds. The number of hydrogen-bond donors (Lipinski definition) is 4. The summed E-state index contributed by atoms with van der Waals surface area (Å²) in [5.74, 6) is -1.31. The first-order valence-corrected chi connectivity index (χ1v) is 8.50. The van der Waals surface area contributed by atoms with E-state index in [1.165, 1.54) is 18.2 Å². The van der Waals surface area contributed by atoms with Crippen LogP contribution in [0.2, 0.25) is 5.02 Å². The lowest BCUT2D eigenvalue weighted by Crippen LogP contribution is -2.26. The molecule has 3 aromatic carbocycles. The number of halogens is 1. The van der Waals surface area contributed by atoms with Crippen LogP contribution in [0.5, 0.6) is 0 Å². The summed E-state index contributed by atoms with van der Waals surface area (Å²) in [5.41, 5.74) is -2.06. The molecule has 0 heterocycles. The number of carbonyl (C=O) groups is 1. The summed E-state index contributed by atoms with van der Waals surface area (Å²) in [5, 5.41) is 23.4. The van der Waals surface area contributed by atoms with E-state index in [0.717, 1.165) is 6.07 Å². The first kappa shape index (κ1) is 9.76. The lowest BCUT2D eigenvalue weighted by Gasteiger charge is -2.13. The van der Waals surface area contributed by atoms with Crippen LogP contribution in [0.4, 0.5) is 5.69 Å². The Hall–Kier alpha value is -2.86. The van der Waals surface area contributed by atoms with Crippen molar-refractivity contribution in [3.63, 3.8) is 0 Å². The second-order valence-corrected chi connectivity index (χ2v) is 5.88. The van der Waals surface area contributed by atoms with Crippen LogP contribution in [0.15, 0.2) is 72.6 Å². The van der Waals surface area contributed by atoms with Gasteiger partial charge >= 0.3 is 5.97 Å². The van der Waals surface area contributed by atoms with Crippen LogP contribution < -0.4 is 10.6 Å². The molecule has 0 bridgehead atoms. The normalized spacial score (nSPS) is 20.3. The Kier molecular flexibility index (Phi) is 3.39. The van der Waals surface area contributed by atoms with Crippen molar-refractivity contribution in [2.75, 3.05) is 24.9 Å². The first-order chi connectivity index (χ1) is 19.2. The molecule has 0 saturated carbocycles. The summed E-state index contributed by atoms with van der Waals surface area (Å²) in [6.07, 6.45) is -3.00. The highest BCUT2D eigenvalue weighted by Gasteiger charge is 2.07. The summed E-state index contributed by atoms with van der Waals surface area (Å²) in [6, 6.07) is -1.06. The summed E-state index contributed by atoms with van der Waals surface area (Å²) in [6.45, 7) is -7.63. The Morgan fingerprint density at radius 3 is 2.83 bits per heavy atom. The van der Waals surface area contributed by atoms with Crippen molar-refractivity contribution in [3.8, 4) is 11.1 Å². The predicted octanol–water partition coefficient (Wildman–Crippen LogP) is 4.44. The fourth-order valence-electron chi connectivity index (χ4n) is 2.18. The zero-order chi connectivity index (χ0) is 32.1. The predicted molar refractivity (Wildman–Crippen MR) is 117 cm³/mol. The number of aromatic carboxylic acids is 1. The summed E-state index contributed by atoms with van der Waals surface area (Å²) >= 11 is 5.82. The average molecular weight is 424 g/mol. The number of benzene rings is 3. The van der Waals surface area contributed by atoms with Gasteiger partial charge in [-0.05, 0) is 53.0 Å². The van der Waals surface area contributed by atoms with E-state index in [1.54, 1.807) is 0 Å². The largest absolute Gasteiger partial charge is 0.478 e. The lowest BCUT2D eigenvalue weighted by molar-refractivity contribution is 0.0697. The third kappa shape index (κ3) is 6.06. The van der Waals surface area contributed by atoms with E-state index in [9.17, 15) is 15.0 Å². The molecule has 150 valence electrons. The lowest BCUT2D eigenvalue weighted by atomic mass is 10.0. The van der Waals surface area contributed by atoms with Crippen LogP contribution in [0.25, 0.3) is 11.1 Å². The molecule has 0 radical (unpaired) electrons. The van der Waals surface area contributed by atoms with E-state index in [1.807, 2.05) is 10.6 Å². The van der Waals surface area contributed by atoms with Crippen LogP contribution >= 0.6 is 11.6 Å². The van der Waals surface area contributed by atoms with Gasteiger partial charge in [-0.1, -0.05) is 47.9 Å². The van der Waals surface area contributed by atoms with E-state index in [2.05, 4.69) is 0 Å².